The first-order valence-corrected chi connectivity index (χ1v) is 11.0. The molecule has 0 fully saturated rings. The SMILES string of the molecule is CCCCOC(COCCCCCOc1c(Cl)cc(O)cc1Cl)OCCCC. The Bertz CT molecular complexity index is 495. The molecule has 7 heteroatoms. The van der Waals surface area contributed by atoms with Gasteiger partial charge < -0.3 is 24.1 Å². The highest BCUT2D eigenvalue weighted by Crippen LogP contribution is 2.36. The Kier molecular flexibility index (Phi) is 14.6. The van der Waals surface area contributed by atoms with Crippen LogP contribution >= 0.6 is 23.2 Å². The smallest absolute Gasteiger partial charge is 0.180 e. The van der Waals surface area contributed by atoms with Crippen molar-refractivity contribution in [2.45, 2.75) is 65.1 Å². The molecule has 0 saturated heterocycles. The maximum absolute atomic E-state index is 9.41. The van der Waals surface area contributed by atoms with Gasteiger partial charge in [0, 0.05) is 32.0 Å². The number of ether oxygens (including phenoxy) is 4. The van der Waals surface area contributed by atoms with E-state index in [0.29, 0.717) is 48.8 Å². The van der Waals surface area contributed by atoms with Crippen molar-refractivity contribution in [1.82, 2.24) is 0 Å². The number of hydrogen-bond donors (Lipinski definition) is 1. The first-order chi connectivity index (χ1) is 13.6. The van der Waals surface area contributed by atoms with Gasteiger partial charge in [-0.2, -0.15) is 0 Å². The molecule has 0 amide bonds. The van der Waals surface area contributed by atoms with Crippen LogP contribution in [0.1, 0.15) is 58.8 Å². The molecular weight excluding hydrogens is 403 g/mol. The standard InChI is InChI=1S/C21H34Cl2O5/c1-3-5-11-26-20(27-12-6-4-2)16-25-10-8-7-9-13-28-21-18(22)14-17(24)15-19(21)23/h14-15,20,24H,3-13,16H2,1-2H3. The third-order valence-corrected chi connectivity index (χ3v) is 4.58. The predicted molar refractivity (Wildman–Crippen MR) is 114 cm³/mol. The van der Waals surface area contributed by atoms with Gasteiger partial charge in [-0.15, -0.1) is 0 Å². The minimum absolute atomic E-state index is 0.0233. The summed E-state index contributed by atoms with van der Waals surface area (Å²) in [6.07, 6.45) is 6.74. The van der Waals surface area contributed by atoms with Crippen LogP contribution in [0.3, 0.4) is 0 Å². The number of phenolic OH excluding ortho intramolecular Hbond substituents is 1. The van der Waals surface area contributed by atoms with E-state index in [1.165, 1.54) is 12.1 Å². The van der Waals surface area contributed by atoms with Gasteiger partial charge in [-0.3, -0.25) is 0 Å². The zero-order chi connectivity index (χ0) is 20.6. The normalized spacial score (nSPS) is 11.3. The van der Waals surface area contributed by atoms with Gasteiger partial charge in [0.2, 0.25) is 0 Å². The van der Waals surface area contributed by atoms with Crippen molar-refractivity contribution in [3.63, 3.8) is 0 Å². The molecule has 0 atom stereocenters. The fourth-order valence-electron chi connectivity index (χ4n) is 2.38. The molecule has 0 bridgehead atoms. The molecule has 1 rings (SSSR count). The minimum atomic E-state index is -0.278. The van der Waals surface area contributed by atoms with Crippen molar-refractivity contribution in [1.29, 1.82) is 0 Å². The molecule has 0 radical (unpaired) electrons. The van der Waals surface area contributed by atoms with Crippen LogP contribution in [-0.4, -0.2) is 44.4 Å². The Labute approximate surface area is 179 Å². The second-order valence-corrected chi connectivity index (χ2v) is 7.42. The van der Waals surface area contributed by atoms with Crippen LogP contribution in [0.4, 0.5) is 0 Å². The second-order valence-electron chi connectivity index (χ2n) is 6.60. The molecule has 0 spiro atoms. The molecule has 0 aliphatic heterocycles. The molecular formula is C21H34Cl2O5. The van der Waals surface area contributed by atoms with Crippen molar-refractivity contribution in [3.8, 4) is 11.5 Å². The summed E-state index contributed by atoms with van der Waals surface area (Å²) in [5.74, 6) is 0.434. The number of rotatable bonds is 17. The fraction of sp³-hybridized carbons (Fsp3) is 0.714. The highest BCUT2D eigenvalue weighted by molar-refractivity contribution is 6.37. The summed E-state index contributed by atoms with van der Waals surface area (Å²) in [6.45, 7) is 7.31. The maximum Gasteiger partial charge on any atom is 0.180 e. The summed E-state index contributed by atoms with van der Waals surface area (Å²) in [7, 11) is 0. The van der Waals surface area contributed by atoms with E-state index < -0.39 is 0 Å². The molecule has 1 aromatic rings. The summed E-state index contributed by atoms with van der Waals surface area (Å²) in [5.41, 5.74) is 0. The lowest BCUT2D eigenvalue weighted by Crippen LogP contribution is -2.25. The van der Waals surface area contributed by atoms with E-state index in [4.69, 9.17) is 42.1 Å². The van der Waals surface area contributed by atoms with Crippen LogP contribution in [0.5, 0.6) is 11.5 Å². The third kappa shape index (κ3) is 11.3. The summed E-state index contributed by atoms with van der Waals surface area (Å²) < 4.78 is 22.8. The molecule has 0 aliphatic rings. The molecule has 1 N–H and O–H groups in total. The van der Waals surface area contributed by atoms with Crippen molar-refractivity contribution in [2.24, 2.45) is 0 Å². The van der Waals surface area contributed by atoms with Crippen molar-refractivity contribution in [2.75, 3.05) is 33.0 Å². The van der Waals surface area contributed by atoms with Gasteiger partial charge >= 0.3 is 0 Å². The Hall–Kier alpha value is -0.720. The minimum Gasteiger partial charge on any atom is -0.508 e. The van der Waals surface area contributed by atoms with E-state index >= 15 is 0 Å². The summed E-state index contributed by atoms with van der Waals surface area (Å²) in [4.78, 5) is 0. The monoisotopic (exact) mass is 436 g/mol. The van der Waals surface area contributed by atoms with Gasteiger partial charge in [0.15, 0.2) is 12.0 Å². The van der Waals surface area contributed by atoms with E-state index in [2.05, 4.69) is 13.8 Å². The molecule has 0 unspecified atom stereocenters. The topological polar surface area (TPSA) is 57.2 Å². The number of unbranched alkanes of at least 4 members (excludes halogenated alkanes) is 4. The van der Waals surface area contributed by atoms with E-state index in [0.717, 1.165) is 44.9 Å². The quantitative estimate of drug-likeness (QED) is 0.231. The predicted octanol–water partition coefficient (Wildman–Crippen LogP) is 6.22. The maximum atomic E-state index is 9.41. The average Bonchev–Trinajstić information content (AvgIpc) is 2.65. The van der Waals surface area contributed by atoms with E-state index in [1.807, 2.05) is 0 Å². The number of benzene rings is 1. The second kappa shape index (κ2) is 16.1. The van der Waals surface area contributed by atoms with Crippen LogP contribution < -0.4 is 4.74 Å². The number of hydrogen-bond acceptors (Lipinski definition) is 5. The van der Waals surface area contributed by atoms with Gasteiger partial charge in [0.1, 0.15) is 5.75 Å². The molecule has 0 saturated carbocycles. The summed E-state index contributed by atoms with van der Waals surface area (Å²) in [5, 5.41) is 10.0. The lowest BCUT2D eigenvalue weighted by Gasteiger charge is -2.18. The molecule has 0 aromatic heterocycles. The zero-order valence-electron chi connectivity index (χ0n) is 17.1. The summed E-state index contributed by atoms with van der Waals surface area (Å²) in [6, 6.07) is 2.83. The van der Waals surface area contributed by atoms with Crippen molar-refractivity contribution in [3.05, 3.63) is 22.2 Å². The lowest BCUT2D eigenvalue weighted by atomic mass is 10.2. The highest BCUT2D eigenvalue weighted by atomic mass is 35.5. The third-order valence-electron chi connectivity index (χ3n) is 4.02. The van der Waals surface area contributed by atoms with E-state index in [9.17, 15) is 5.11 Å². The van der Waals surface area contributed by atoms with E-state index in [-0.39, 0.29) is 12.0 Å². The first kappa shape index (κ1) is 25.3. The Morgan fingerprint density at radius 3 is 1.96 bits per heavy atom. The number of aromatic hydroxyl groups is 1. The average molecular weight is 437 g/mol. The van der Waals surface area contributed by atoms with Crippen LogP contribution in [0, 0.1) is 0 Å². The van der Waals surface area contributed by atoms with Gasteiger partial charge in [0.25, 0.3) is 0 Å². The molecule has 28 heavy (non-hydrogen) atoms. The summed E-state index contributed by atoms with van der Waals surface area (Å²) >= 11 is 12.0. The van der Waals surface area contributed by atoms with Crippen LogP contribution in [0.2, 0.25) is 10.0 Å². The van der Waals surface area contributed by atoms with Crippen LogP contribution in [-0.2, 0) is 14.2 Å². The lowest BCUT2D eigenvalue weighted by molar-refractivity contribution is -0.173. The fourth-order valence-corrected chi connectivity index (χ4v) is 2.97. The Morgan fingerprint density at radius 2 is 1.39 bits per heavy atom. The molecule has 1 aromatic carbocycles. The van der Waals surface area contributed by atoms with Crippen molar-refractivity contribution < 1.29 is 24.1 Å². The first-order valence-electron chi connectivity index (χ1n) is 10.2. The van der Waals surface area contributed by atoms with Gasteiger partial charge in [0.05, 0.1) is 23.3 Å². The molecule has 0 heterocycles. The zero-order valence-corrected chi connectivity index (χ0v) is 18.6. The van der Waals surface area contributed by atoms with Crippen LogP contribution in [0.25, 0.3) is 0 Å². The molecule has 5 nitrogen and oxygen atoms in total. The molecule has 0 aliphatic carbocycles. The van der Waals surface area contributed by atoms with E-state index in [1.54, 1.807) is 0 Å². The number of halogens is 2. The Balaban J connectivity index is 2.13. The highest BCUT2D eigenvalue weighted by Gasteiger charge is 2.10. The van der Waals surface area contributed by atoms with Crippen LogP contribution in [0.15, 0.2) is 12.1 Å². The van der Waals surface area contributed by atoms with Gasteiger partial charge in [-0.05, 0) is 32.1 Å². The van der Waals surface area contributed by atoms with Gasteiger partial charge in [-0.1, -0.05) is 49.9 Å². The Morgan fingerprint density at radius 1 is 0.821 bits per heavy atom. The number of phenols is 1. The van der Waals surface area contributed by atoms with Gasteiger partial charge in [-0.25, -0.2) is 0 Å². The largest absolute Gasteiger partial charge is 0.508 e. The van der Waals surface area contributed by atoms with Crippen molar-refractivity contribution >= 4 is 23.2 Å². The molecule has 162 valence electrons.